The third-order valence-corrected chi connectivity index (χ3v) is 6.81. The molecule has 0 aliphatic carbocycles. The van der Waals surface area contributed by atoms with Gasteiger partial charge in [-0.25, -0.2) is 17.5 Å². The van der Waals surface area contributed by atoms with Crippen LogP contribution >= 0.6 is 0 Å². The van der Waals surface area contributed by atoms with E-state index in [4.69, 9.17) is 4.74 Å². The number of nitrogens with zero attached hydrogens (tertiary/aromatic N) is 1. The Morgan fingerprint density at radius 3 is 2.21 bits per heavy atom. The van der Waals surface area contributed by atoms with Crippen LogP contribution in [0.3, 0.4) is 0 Å². The molecule has 1 unspecified atom stereocenters. The number of hydrogen-bond donors (Lipinski definition) is 1. The van der Waals surface area contributed by atoms with E-state index in [1.54, 1.807) is 12.1 Å². The van der Waals surface area contributed by atoms with E-state index in [1.807, 2.05) is 32.9 Å². The van der Waals surface area contributed by atoms with Crippen LogP contribution in [0.25, 0.3) is 0 Å². The minimum absolute atomic E-state index is 0.190. The number of nitrogens with one attached hydrogen (secondary N) is 1. The van der Waals surface area contributed by atoms with Gasteiger partial charge < -0.3 is 4.74 Å². The first-order valence-corrected chi connectivity index (χ1v) is 10.9. The second kappa shape index (κ2) is 8.69. The average molecular weight is 407 g/mol. The molecule has 0 spiro atoms. The summed E-state index contributed by atoms with van der Waals surface area (Å²) in [5.74, 6) is -0.309. The first-order valence-electron chi connectivity index (χ1n) is 9.43. The van der Waals surface area contributed by atoms with Gasteiger partial charge in [0.05, 0.1) is 18.1 Å². The van der Waals surface area contributed by atoms with E-state index in [9.17, 15) is 12.8 Å². The zero-order valence-electron chi connectivity index (χ0n) is 16.5. The Kier molecular flexibility index (Phi) is 6.50. The molecular formula is C21H27FN2O3S. The van der Waals surface area contributed by atoms with Crippen LogP contribution in [-0.4, -0.2) is 46.2 Å². The molecule has 2 aromatic carbocycles. The van der Waals surface area contributed by atoms with Gasteiger partial charge in [-0.3, -0.25) is 4.90 Å². The quantitative estimate of drug-likeness (QED) is 0.801. The molecule has 5 nitrogen and oxygen atoms in total. The lowest BCUT2D eigenvalue weighted by molar-refractivity contribution is 0.0172. The second-order valence-corrected chi connectivity index (χ2v) is 9.00. The molecule has 1 N–H and O–H groups in total. The maximum Gasteiger partial charge on any atom is 0.241 e. The third-order valence-electron chi connectivity index (χ3n) is 5.08. The van der Waals surface area contributed by atoms with Crippen LogP contribution in [-0.2, 0) is 14.8 Å². The second-order valence-electron chi connectivity index (χ2n) is 7.30. The van der Waals surface area contributed by atoms with E-state index in [0.29, 0.717) is 31.2 Å². The molecule has 28 heavy (non-hydrogen) atoms. The molecule has 0 saturated carbocycles. The fraction of sp³-hybridized carbons (Fsp3) is 0.429. The molecule has 1 saturated heterocycles. The molecule has 0 bridgehead atoms. The Balaban J connectivity index is 1.86. The summed E-state index contributed by atoms with van der Waals surface area (Å²) in [6, 6.07) is 9.81. The largest absolute Gasteiger partial charge is 0.379 e. The van der Waals surface area contributed by atoms with Gasteiger partial charge in [0.2, 0.25) is 10.0 Å². The van der Waals surface area contributed by atoms with Crippen molar-refractivity contribution in [2.24, 2.45) is 0 Å². The maximum absolute atomic E-state index is 13.4. The number of benzene rings is 2. The molecule has 3 rings (SSSR count). The van der Waals surface area contributed by atoms with Gasteiger partial charge in [-0.15, -0.1) is 0 Å². The van der Waals surface area contributed by atoms with Crippen molar-refractivity contribution in [2.45, 2.75) is 31.7 Å². The van der Waals surface area contributed by atoms with Gasteiger partial charge in [-0.2, -0.15) is 0 Å². The first-order chi connectivity index (χ1) is 13.3. The van der Waals surface area contributed by atoms with Crippen molar-refractivity contribution >= 4 is 10.0 Å². The molecule has 1 fully saturated rings. The van der Waals surface area contributed by atoms with Crippen molar-refractivity contribution in [2.75, 3.05) is 32.8 Å². The van der Waals surface area contributed by atoms with Crippen molar-refractivity contribution in [3.63, 3.8) is 0 Å². The van der Waals surface area contributed by atoms with E-state index in [2.05, 4.69) is 9.62 Å². The number of aryl methyl sites for hydroxylation is 3. The summed E-state index contributed by atoms with van der Waals surface area (Å²) in [6.07, 6.45) is 0. The predicted molar refractivity (Wildman–Crippen MR) is 107 cm³/mol. The molecular weight excluding hydrogens is 379 g/mol. The molecule has 1 aliphatic heterocycles. The highest BCUT2D eigenvalue weighted by molar-refractivity contribution is 7.89. The molecule has 2 aromatic rings. The highest BCUT2D eigenvalue weighted by Crippen LogP contribution is 2.25. The molecule has 1 heterocycles. The smallest absolute Gasteiger partial charge is 0.241 e. The summed E-state index contributed by atoms with van der Waals surface area (Å²) >= 11 is 0. The van der Waals surface area contributed by atoms with Gasteiger partial charge in [0.15, 0.2) is 0 Å². The molecule has 152 valence electrons. The summed E-state index contributed by atoms with van der Waals surface area (Å²) in [4.78, 5) is 2.51. The lowest BCUT2D eigenvalue weighted by atomic mass is 10.0. The topological polar surface area (TPSA) is 58.6 Å². The zero-order chi connectivity index (χ0) is 20.3. The minimum atomic E-state index is -3.67. The van der Waals surface area contributed by atoms with Gasteiger partial charge in [0.1, 0.15) is 5.82 Å². The Labute approximate surface area is 166 Å². The number of halogens is 1. The van der Waals surface area contributed by atoms with Crippen LogP contribution in [0.1, 0.15) is 28.3 Å². The van der Waals surface area contributed by atoms with E-state index >= 15 is 0 Å². The highest BCUT2D eigenvalue weighted by Gasteiger charge is 2.26. The van der Waals surface area contributed by atoms with Gasteiger partial charge >= 0.3 is 0 Å². The Morgan fingerprint density at radius 1 is 1.07 bits per heavy atom. The van der Waals surface area contributed by atoms with Crippen LogP contribution in [0.2, 0.25) is 0 Å². The summed E-state index contributed by atoms with van der Waals surface area (Å²) in [5, 5.41) is 0. The van der Waals surface area contributed by atoms with Crippen molar-refractivity contribution in [3.05, 3.63) is 64.5 Å². The first kappa shape index (κ1) is 20.9. The SMILES string of the molecule is Cc1cc(C)c(S(=O)(=O)NCC(c2ccc(F)cc2)N2CCOCC2)c(C)c1. The number of rotatable bonds is 6. The van der Waals surface area contributed by atoms with Crippen molar-refractivity contribution < 1.29 is 17.5 Å². The average Bonchev–Trinajstić information content (AvgIpc) is 2.63. The van der Waals surface area contributed by atoms with Crippen molar-refractivity contribution in [3.8, 4) is 0 Å². The van der Waals surface area contributed by atoms with Crippen LogP contribution in [0.5, 0.6) is 0 Å². The molecule has 0 amide bonds. The van der Waals surface area contributed by atoms with Gasteiger partial charge in [-0.05, 0) is 49.6 Å². The standard InChI is InChI=1S/C21H27FN2O3S/c1-15-12-16(2)21(17(3)13-15)28(25,26)23-14-20(24-8-10-27-11-9-24)18-4-6-19(22)7-5-18/h4-7,12-13,20,23H,8-11,14H2,1-3H3. The number of morpholine rings is 1. The summed E-state index contributed by atoms with van der Waals surface area (Å²) < 4.78 is 47.7. The zero-order valence-corrected chi connectivity index (χ0v) is 17.4. The minimum Gasteiger partial charge on any atom is -0.379 e. The van der Waals surface area contributed by atoms with E-state index in [-0.39, 0.29) is 18.4 Å². The van der Waals surface area contributed by atoms with E-state index in [0.717, 1.165) is 22.3 Å². The monoisotopic (exact) mass is 406 g/mol. The summed E-state index contributed by atoms with van der Waals surface area (Å²) in [5.41, 5.74) is 3.37. The van der Waals surface area contributed by atoms with Crippen molar-refractivity contribution in [1.82, 2.24) is 9.62 Å². The van der Waals surface area contributed by atoms with Crippen LogP contribution in [0.15, 0.2) is 41.3 Å². The molecule has 1 aliphatic rings. The van der Waals surface area contributed by atoms with E-state index in [1.165, 1.54) is 12.1 Å². The summed E-state index contributed by atoms with van der Waals surface area (Å²) in [7, 11) is -3.67. The predicted octanol–water partition coefficient (Wildman–Crippen LogP) is 3.10. The van der Waals surface area contributed by atoms with Gasteiger partial charge in [-0.1, -0.05) is 29.8 Å². The van der Waals surface area contributed by atoms with Crippen molar-refractivity contribution in [1.29, 1.82) is 0 Å². The van der Waals surface area contributed by atoms with E-state index < -0.39 is 10.0 Å². The lowest BCUT2D eigenvalue weighted by Crippen LogP contribution is -2.44. The summed E-state index contributed by atoms with van der Waals surface area (Å²) in [6.45, 7) is 8.38. The number of ether oxygens (including phenoxy) is 1. The molecule has 0 aromatic heterocycles. The maximum atomic E-state index is 13.4. The van der Waals surface area contributed by atoms with Gasteiger partial charge in [0.25, 0.3) is 0 Å². The molecule has 7 heteroatoms. The lowest BCUT2D eigenvalue weighted by Gasteiger charge is -2.35. The van der Waals surface area contributed by atoms with Gasteiger partial charge in [0, 0.05) is 25.7 Å². The normalized spacial score (nSPS) is 16.9. The number of sulfonamides is 1. The molecule has 1 atom stereocenters. The Bertz CT molecular complexity index is 900. The fourth-order valence-electron chi connectivity index (χ4n) is 3.88. The molecule has 0 radical (unpaired) electrons. The number of hydrogen-bond acceptors (Lipinski definition) is 4. The Morgan fingerprint density at radius 2 is 1.64 bits per heavy atom. The Hall–Kier alpha value is -1.80. The fourth-order valence-corrected chi connectivity index (χ4v) is 5.37. The van der Waals surface area contributed by atoms with Crippen LogP contribution in [0, 0.1) is 26.6 Å². The third kappa shape index (κ3) is 4.78. The highest BCUT2D eigenvalue weighted by atomic mass is 32.2. The van der Waals surface area contributed by atoms with Crippen LogP contribution in [0.4, 0.5) is 4.39 Å². The van der Waals surface area contributed by atoms with Crippen LogP contribution < -0.4 is 4.72 Å².